The summed E-state index contributed by atoms with van der Waals surface area (Å²) in [5.74, 6) is -12.2. The predicted octanol–water partition coefficient (Wildman–Crippen LogP) is 5.93. The van der Waals surface area contributed by atoms with E-state index in [0.717, 1.165) is 5.56 Å². The van der Waals surface area contributed by atoms with Crippen LogP contribution in [0, 0.1) is 34.9 Å². The van der Waals surface area contributed by atoms with Crippen LogP contribution in [0.15, 0.2) is 48.5 Å². The lowest BCUT2D eigenvalue weighted by Gasteiger charge is -2.21. The number of halogens is 6. The highest BCUT2D eigenvalue weighted by atomic mass is 19.2. The molecule has 1 aromatic heterocycles. The first-order valence-corrected chi connectivity index (χ1v) is 10.8. The molecule has 0 saturated heterocycles. The van der Waals surface area contributed by atoms with Gasteiger partial charge in [0.25, 0.3) is 0 Å². The van der Waals surface area contributed by atoms with Crippen LogP contribution in [-0.2, 0) is 24.1 Å². The summed E-state index contributed by atoms with van der Waals surface area (Å²) < 4.78 is 82.4. The summed E-state index contributed by atoms with van der Waals surface area (Å²) >= 11 is 0. The first kappa shape index (κ1) is 23.5. The molecule has 36 heavy (non-hydrogen) atoms. The van der Waals surface area contributed by atoms with Crippen LogP contribution in [0.4, 0.5) is 32.2 Å². The van der Waals surface area contributed by atoms with Crippen LogP contribution in [0.3, 0.4) is 0 Å². The van der Waals surface area contributed by atoms with Crippen molar-refractivity contribution in [1.82, 2.24) is 9.97 Å². The average molecular weight is 499 g/mol. The Kier molecular flexibility index (Phi) is 5.95. The third-order valence-corrected chi connectivity index (χ3v) is 5.86. The van der Waals surface area contributed by atoms with Gasteiger partial charge in [0.15, 0.2) is 29.1 Å². The number of aryl methyl sites for hydroxylation is 2. The Balaban J connectivity index is 1.56. The Labute approximate surface area is 200 Å². The molecule has 0 fully saturated rings. The van der Waals surface area contributed by atoms with E-state index in [2.05, 4.69) is 15.3 Å². The molecule has 1 heterocycles. The maximum Gasteiger partial charge on any atom is 0.230 e. The predicted molar refractivity (Wildman–Crippen MR) is 119 cm³/mol. The van der Waals surface area contributed by atoms with E-state index < -0.39 is 47.0 Å². The van der Waals surface area contributed by atoms with Gasteiger partial charge in [-0.15, -0.1) is 0 Å². The summed E-state index contributed by atoms with van der Waals surface area (Å²) in [4.78, 5) is 21.9. The lowest BCUT2D eigenvalue weighted by molar-refractivity contribution is -0.115. The molecule has 0 atom stereocenters. The molecule has 1 aliphatic carbocycles. The number of carbonyl (C=O) groups is 1. The monoisotopic (exact) mass is 499 g/mol. The van der Waals surface area contributed by atoms with Crippen molar-refractivity contribution >= 4 is 11.7 Å². The molecule has 10 heteroatoms. The van der Waals surface area contributed by atoms with Gasteiger partial charge in [-0.2, -0.15) is 0 Å². The average Bonchev–Trinajstić information content (AvgIpc) is 2.88. The lowest BCUT2D eigenvalue weighted by Crippen LogP contribution is -2.21. The summed E-state index contributed by atoms with van der Waals surface area (Å²) in [6, 6.07) is 12.9. The molecule has 4 aromatic rings. The zero-order valence-corrected chi connectivity index (χ0v) is 18.3. The number of hydrogen-bond acceptors (Lipinski definition) is 3. The van der Waals surface area contributed by atoms with Gasteiger partial charge in [-0.05, 0) is 36.6 Å². The fourth-order valence-electron chi connectivity index (χ4n) is 4.14. The topological polar surface area (TPSA) is 54.9 Å². The number of aromatic nitrogens is 2. The molecular weight excluding hydrogens is 484 g/mol. The fourth-order valence-corrected chi connectivity index (χ4v) is 4.14. The van der Waals surface area contributed by atoms with Crippen molar-refractivity contribution < 1.29 is 31.1 Å². The van der Waals surface area contributed by atoms with Crippen LogP contribution in [0.2, 0.25) is 0 Å². The summed E-state index contributed by atoms with van der Waals surface area (Å²) in [6.07, 6.45) is -0.271. The number of benzene rings is 3. The molecule has 0 saturated carbocycles. The zero-order valence-electron chi connectivity index (χ0n) is 18.3. The number of hydrogen-bond donors (Lipinski definition) is 1. The van der Waals surface area contributed by atoms with Gasteiger partial charge in [-0.1, -0.05) is 30.3 Å². The Bertz CT molecular complexity index is 1500. The Morgan fingerprint density at radius 1 is 0.778 bits per heavy atom. The molecule has 0 aliphatic heterocycles. The van der Waals surface area contributed by atoms with Crippen molar-refractivity contribution in [2.45, 2.75) is 19.3 Å². The zero-order chi connectivity index (χ0) is 25.6. The Hall–Kier alpha value is -4.21. The summed E-state index contributed by atoms with van der Waals surface area (Å²) in [6.45, 7) is 0. The van der Waals surface area contributed by atoms with E-state index >= 15 is 0 Å². The van der Waals surface area contributed by atoms with E-state index in [1.54, 1.807) is 36.4 Å². The van der Waals surface area contributed by atoms with E-state index in [4.69, 9.17) is 0 Å². The van der Waals surface area contributed by atoms with Crippen molar-refractivity contribution in [1.29, 1.82) is 0 Å². The van der Waals surface area contributed by atoms with Crippen LogP contribution < -0.4 is 5.32 Å². The molecule has 3 aromatic carbocycles. The Morgan fingerprint density at radius 2 is 1.44 bits per heavy atom. The van der Waals surface area contributed by atoms with Gasteiger partial charge in [0, 0.05) is 16.7 Å². The molecule has 0 spiro atoms. The highest BCUT2D eigenvalue weighted by Gasteiger charge is 2.28. The van der Waals surface area contributed by atoms with Crippen LogP contribution >= 0.6 is 0 Å². The minimum atomic E-state index is -2.30. The molecule has 5 rings (SSSR count). The van der Waals surface area contributed by atoms with Crippen LogP contribution in [0.1, 0.15) is 16.8 Å². The highest BCUT2D eigenvalue weighted by molar-refractivity contribution is 5.95. The first-order chi connectivity index (χ1) is 17.2. The van der Waals surface area contributed by atoms with Crippen molar-refractivity contribution in [3.63, 3.8) is 0 Å². The standard InChI is InChI=1S/C26H15F6N3O/c27-14-7-8-15-13(10-14)6-9-17-25(15)35-24(12-4-2-1-3-5-12)26(33-17)34-18(36)11-16-19(28)21(30)23(32)22(31)20(16)29/h1-5,7-8,10H,6,9,11H2,(H,33,34,36). The van der Waals surface area contributed by atoms with Crippen molar-refractivity contribution in [2.75, 3.05) is 5.32 Å². The summed E-state index contributed by atoms with van der Waals surface area (Å²) in [5, 5.41) is 2.40. The van der Waals surface area contributed by atoms with E-state index in [9.17, 15) is 31.1 Å². The summed E-state index contributed by atoms with van der Waals surface area (Å²) in [5.41, 5.74) is 1.94. The van der Waals surface area contributed by atoms with E-state index in [0.29, 0.717) is 35.4 Å². The number of nitrogens with zero attached hydrogens (tertiary/aromatic N) is 2. The second kappa shape index (κ2) is 9.10. The Morgan fingerprint density at radius 3 is 2.14 bits per heavy atom. The fraction of sp³-hybridized carbons (Fsp3) is 0.115. The lowest BCUT2D eigenvalue weighted by atomic mass is 9.91. The van der Waals surface area contributed by atoms with Gasteiger partial charge >= 0.3 is 0 Å². The second-order valence-corrected chi connectivity index (χ2v) is 8.16. The highest BCUT2D eigenvalue weighted by Crippen LogP contribution is 2.36. The minimum absolute atomic E-state index is 0.0422. The molecule has 1 aliphatic rings. The number of nitrogens with one attached hydrogen (secondary N) is 1. The molecular formula is C26H15F6N3O. The maximum atomic E-state index is 14.1. The molecule has 1 N–H and O–H groups in total. The third-order valence-electron chi connectivity index (χ3n) is 5.86. The van der Waals surface area contributed by atoms with Crippen LogP contribution in [-0.4, -0.2) is 15.9 Å². The van der Waals surface area contributed by atoms with Crippen LogP contribution in [0.25, 0.3) is 22.5 Å². The second-order valence-electron chi connectivity index (χ2n) is 8.16. The van der Waals surface area contributed by atoms with Gasteiger partial charge in [-0.3, -0.25) is 4.79 Å². The van der Waals surface area contributed by atoms with E-state index in [1.165, 1.54) is 12.1 Å². The normalized spacial score (nSPS) is 12.2. The largest absolute Gasteiger partial charge is 0.309 e. The number of carbonyl (C=O) groups excluding carboxylic acids is 1. The van der Waals surface area contributed by atoms with E-state index in [1.807, 2.05) is 0 Å². The molecule has 0 unspecified atom stereocenters. The van der Waals surface area contributed by atoms with Crippen molar-refractivity contribution in [3.8, 4) is 22.5 Å². The summed E-state index contributed by atoms with van der Waals surface area (Å²) in [7, 11) is 0. The minimum Gasteiger partial charge on any atom is -0.309 e. The van der Waals surface area contributed by atoms with Gasteiger partial charge in [0.1, 0.15) is 11.5 Å². The number of amides is 1. The van der Waals surface area contributed by atoms with E-state index in [-0.39, 0.29) is 17.3 Å². The number of fused-ring (bicyclic) bond motifs is 3. The van der Waals surface area contributed by atoms with Gasteiger partial charge in [-0.25, -0.2) is 36.3 Å². The van der Waals surface area contributed by atoms with Crippen LogP contribution in [0.5, 0.6) is 0 Å². The molecule has 4 nitrogen and oxygen atoms in total. The van der Waals surface area contributed by atoms with Crippen molar-refractivity contribution in [3.05, 3.63) is 100 Å². The molecule has 182 valence electrons. The quantitative estimate of drug-likeness (QED) is 0.215. The molecule has 0 radical (unpaired) electrons. The molecule has 0 bridgehead atoms. The van der Waals surface area contributed by atoms with Gasteiger partial charge in [0.2, 0.25) is 11.7 Å². The number of anilines is 1. The van der Waals surface area contributed by atoms with Gasteiger partial charge < -0.3 is 5.32 Å². The molecule has 1 amide bonds. The van der Waals surface area contributed by atoms with Gasteiger partial charge in [0.05, 0.1) is 17.8 Å². The maximum absolute atomic E-state index is 14.1. The van der Waals surface area contributed by atoms with Crippen molar-refractivity contribution in [2.24, 2.45) is 0 Å². The third kappa shape index (κ3) is 4.08. The smallest absolute Gasteiger partial charge is 0.230 e. The number of rotatable bonds is 4. The first-order valence-electron chi connectivity index (χ1n) is 10.8. The SMILES string of the molecule is O=C(Cc1c(F)c(F)c(F)c(F)c1F)Nc1nc2c(nc1-c1ccccc1)-c1ccc(F)cc1CC2.